The number of fused-ring (bicyclic) bond motifs is 1. The van der Waals surface area contributed by atoms with E-state index in [0.29, 0.717) is 31.1 Å². The van der Waals surface area contributed by atoms with Gasteiger partial charge in [-0.25, -0.2) is 4.39 Å². The molecule has 0 saturated carbocycles. The summed E-state index contributed by atoms with van der Waals surface area (Å²) in [6.45, 7) is 7.84. The van der Waals surface area contributed by atoms with Crippen LogP contribution in [0.2, 0.25) is 0 Å². The van der Waals surface area contributed by atoms with Crippen LogP contribution in [0.1, 0.15) is 70.9 Å². The molecule has 0 saturated heterocycles. The first-order valence-electron chi connectivity index (χ1n) is 14.4. The van der Waals surface area contributed by atoms with Crippen molar-refractivity contribution in [2.75, 3.05) is 20.3 Å². The van der Waals surface area contributed by atoms with Crippen LogP contribution in [0.5, 0.6) is 0 Å². The van der Waals surface area contributed by atoms with Crippen LogP contribution >= 0.6 is 0 Å². The van der Waals surface area contributed by atoms with Gasteiger partial charge < -0.3 is 10.1 Å². The number of carbonyl (C=O) groups is 2. The van der Waals surface area contributed by atoms with Gasteiger partial charge in [0.2, 0.25) is 0 Å². The molecule has 216 valence electrons. The van der Waals surface area contributed by atoms with Crippen molar-refractivity contribution in [2.24, 2.45) is 5.92 Å². The SMILES string of the molecule is CCCC(CCCC(=O)c1ccc(-c2ccc(F)cc2)c(C)c1)Cn1cc2c(C)c(C(=O)NCCOC)ccc2n1. The number of methoxy groups -OCH3 is 1. The third-order valence-electron chi connectivity index (χ3n) is 7.70. The van der Waals surface area contributed by atoms with Crippen LogP contribution in [-0.4, -0.2) is 41.7 Å². The molecule has 0 fully saturated rings. The number of aryl methyl sites for hydroxylation is 2. The van der Waals surface area contributed by atoms with Crippen LogP contribution in [-0.2, 0) is 11.3 Å². The number of carbonyl (C=O) groups excluding carboxylic acids is 2. The van der Waals surface area contributed by atoms with Gasteiger partial charge in [-0.3, -0.25) is 14.3 Å². The Morgan fingerprint density at radius 3 is 2.54 bits per heavy atom. The van der Waals surface area contributed by atoms with Crippen LogP contribution in [0.25, 0.3) is 22.0 Å². The van der Waals surface area contributed by atoms with E-state index in [-0.39, 0.29) is 17.5 Å². The Balaban J connectivity index is 1.36. The average Bonchev–Trinajstić information content (AvgIpc) is 3.37. The minimum Gasteiger partial charge on any atom is -0.383 e. The topological polar surface area (TPSA) is 73.2 Å². The predicted octanol–water partition coefficient (Wildman–Crippen LogP) is 7.30. The molecule has 0 radical (unpaired) electrons. The standard InChI is InChI=1S/C34H40FN3O3/c1-5-7-25(21-38-22-31-24(3)30(16-17-32(31)37-38)34(40)36-18-19-41-4)8-6-9-33(39)27-12-15-29(23(2)20-27)26-10-13-28(35)14-11-26/h10-17,20,22,25H,5-9,18-19,21H2,1-4H3,(H,36,40). The number of halogens is 1. The molecule has 1 N–H and O–H groups in total. The average molecular weight is 558 g/mol. The number of hydrogen-bond donors (Lipinski definition) is 1. The Kier molecular flexibility index (Phi) is 10.4. The number of aromatic nitrogens is 2. The fourth-order valence-electron chi connectivity index (χ4n) is 5.47. The molecule has 7 heteroatoms. The number of nitrogens with one attached hydrogen (secondary N) is 1. The van der Waals surface area contributed by atoms with Gasteiger partial charge in [0, 0.05) is 49.3 Å². The number of ether oxygens (including phenoxy) is 1. The summed E-state index contributed by atoms with van der Waals surface area (Å²) >= 11 is 0. The zero-order valence-electron chi connectivity index (χ0n) is 24.5. The number of hydrogen-bond acceptors (Lipinski definition) is 4. The lowest BCUT2D eigenvalue weighted by Gasteiger charge is -2.16. The number of nitrogens with zero attached hydrogens (tertiary/aromatic N) is 2. The van der Waals surface area contributed by atoms with Crippen LogP contribution in [0.15, 0.2) is 60.8 Å². The molecule has 1 atom stereocenters. The van der Waals surface area contributed by atoms with Crippen molar-refractivity contribution in [3.05, 3.63) is 88.9 Å². The van der Waals surface area contributed by atoms with Gasteiger partial charge in [-0.15, -0.1) is 0 Å². The molecule has 6 nitrogen and oxygen atoms in total. The molecule has 0 aliphatic rings. The number of benzene rings is 3. The molecular weight excluding hydrogens is 517 g/mol. The summed E-state index contributed by atoms with van der Waals surface area (Å²) in [7, 11) is 1.61. The van der Waals surface area contributed by atoms with Gasteiger partial charge >= 0.3 is 0 Å². The van der Waals surface area contributed by atoms with E-state index < -0.39 is 0 Å². The van der Waals surface area contributed by atoms with Crippen molar-refractivity contribution in [3.63, 3.8) is 0 Å². The van der Waals surface area contributed by atoms with E-state index in [1.807, 2.05) is 55.1 Å². The monoisotopic (exact) mass is 557 g/mol. The minimum absolute atomic E-state index is 0.108. The number of Topliss-reactive ketones (excluding diaryl/α,β-unsaturated/α-hetero) is 1. The van der Waals surface area contributed by atoms with Gasteiger partial charge in [0.15, 0.2) is 5.78 Å². The fraction of sp³-hybridized carbons (Fsp3) is 0.382. The lowest BCUT2D eigenvalue weighted by molar-refractivity contribution is 0.0935. The summed E-state index contributed by atoms with van der Waals surface area (Å²) in [5, 5.41) is 8.66. The number of rotatable bonds is 14. The van der Waals surface area contributed by atoms with E-state index in [2.05, 4.69) is 12.2 Å². The first kappa shape index (κ1) is 30.1. The number of amides is 1. The summed E-state index contributed by atoms with van der Waals surface area (Å²) in [5.74, 6) is 0.179. The first-order chi connectivity index (χ1) is 19.8. The minimum atomic E-state index is -0.261. The predicted molar refractivity (Wildman–Crippen MR) is 162 cm³/mol. The highest BCUT2D eigenvalue weighted by atomic mass is 19.1. The molecular formula is C34H40FN3O3. The molecule has 4 rings (SSSR count). The molecule has 1 unspecified atom stereocenters. The molecule has 0 aliphatic carbocycles. The second kappa shape index (κ2) is 14.2. The van der Waals surface area contributed by atoms with E-state index in [9.17, 15) is 14.0 Å². The van der Waals surface area contributed by atoms with Crippen molar-refractivity contribution in [1.82, 2.24) is 15.1 Å². The van der Waals surface area contributed by atoms with E-state index in [0.717, 1.165) is 70.9 Å². The fourth-order valence-corrected chi connectivity index (χ4v) is 5.47. The zero-order chi connectivity index (χ0) is 29.4. The molecule has 1 aromatic heterocycles. The zero-order valence-corrected chi connectivity index (χ0v) is 24.5. The highest BCUT2D eigenvalue weighted by Crippen LogP contribution is 2.26. The van der Waals surface area contributed by atoms with Crippen molar-refractivity contribution in [2.45, 2.75) is 59.4 Å². The summed E-state index contributed by atoms with van der Waals surface area (Å²) < 4.78 is 20.3. The molecule has 0 bridgehead atoms. The third kappa shape index (κ3) is 7.67. The summed E-state index contributed by atoms with van der Waals surface area (Å²) in [4.78, 5) is 25.6. The van der Waals surface area contributed by atoms with Crippen molar-refractivity contribution in [3.8, 4) is 11.1 Å². The van der Waals surface area contributed by atoms with Crippen molar-refractivity contribution in [1.29, 1.82) is 0 Å². The Morgan fingerprint density at radius 2 is 1.83 bits per heavy atom. The highest BCUT2D eigenvalue weighted by Gasteiger charge is 2.16. The summed E-state index contributed by atoms with van der Waals surface area (Å²) in [5.41, 5.74) is 6.11. The third-order valence-corrected chi connectivity index (χ3v) is 7.70. The molecule has 1 amide bonds. The van der Waals surface area contributed by atoms with Crippen molar-refractivity contribution < 1.29 is 18.7 Å². The first-order valence-corrected chi connectivity index (χ1v) is 14.4. The largest absolute Gasteiger partial charge is 0.383 e. The van der Waals surface area contributed by atoms with Gasteiger partial charge in [-0.05, 0) is 91.6 Å². The van der Waals surface area contributed by atoms with Gasteiger partial charge in [0.1, 0.15) is 5.82 Å². The normalized spacial score (nSPS) is 12.0. The highest BCUT2D eigenvalue weighted by molar-refractivity contribution is 6.00. The van der Waals surface area contributed by atoms with E-state index in [1.165, 1.54) is 12.1 Å². The molecule has 0 aliphatic heterocycles. The van der Waals surface area contributed by atoms with Crippen LogP contribution in [0.4, 0.5) is 4.39 Å². The van der Waals surface area contributed by atoms with Crippen LogP contribution < -0.4 is 5.32 Å². The van der Waals surface area contributed by atoms with Gasteiger partial charge in [0.05, 0.1) is 12.1 Å². The lowest BCUT2D eigenvalue weighted by Crippen LogP contribution is -2.27. The quantitative estimate of drug-likeness (QED) is 0.130. The lowest BCUT2D eigenvalue weighted by atomic mass is 9.93. The Morgan fingerprint density at radius 1 is 1.05 bits per heavy atom. The summed E-state index contributed by atoms with van der Waals surface area (Å²) in [6.07, 6.45) is 6.41. The second-order valence-electron chi connectivity index (χ2n) is 10.8. The van der Waals surface area contributed by atoms with Gasteiger partial charge in [-0.1, -0.05) is 37.6 Å². The molecule has 1 heterocycles. The van der Waals surface area contributed by atoms with Gasteiger partial charge in [-0.2, -0.15) is 5.10 Å². The van der Waals surface area contributed by atoms with Crippen LogP contribution in [0, 0.1) is 25.6 Å². The molecule has 0 spiro atoms. The maximum Gasteiger partial charge on any atom is 0.251 e. The molecule has 4 aromatic rings. The summed E-state index contributed by atoms with van der Waals surface area (Å²) in [6, 6.07) is 15.9. The van der Waals surface area contributed by atoms with E-state index in [4.69, 9.17) is 9.84 Å². The number of ketones is 1. The molecule has 3 aromatic carbocycles. The Bertz CT molecular complexity index is 1490. The van der Waals surface area contributed by atoms with Gasteiger partial charge in [0.25, 0.3) is 5.91 Å². The van der Waals surface area contributed by atoms with E-state index >= 15 is 0 Å². The Labute approximate surface area is 241 Å². The van der Waals surface area contributed by atoms with Crippen LogP contribution in [0.3, 0.4) is 0 Å². The van der Waals surface area contributed by atoms with Crippen molar-refractivity contribution >= 4 is 22.6 Å². The maximum atomic E-state index is 13.3. The maximum absolute atomic E-state index is 13.3. The van der Waals surface area contributed by atoms with E-state index in [1.54, 1.807) is 19.2 Å². The smallest absolute Gasteiger partial charge is 0.251 e. The molecule has 41 heavy (non-hydrogen) atoms. The second-order valence-corrected chi connectivity index (χ2v) is 10.8. The Hall–Kier alpha value is -3.84.